The van der Waals surface area contributed by atoms with Crippen LogP contribution < -0.4 is 10.5 Å². The van der Waals surface area contributed by atoms with Gasteiger partial charge < -0.3 is 10.9 Å². The van der Waals surface area contributed by atoms with Gasteiger partial charge in [-0.1, -0.05) is 35.5 Å². The van der Waals surface area contributed by atoms with E-state index in [2.05, 4.69) is 9.88 Å². The third kappa shape index (κ3) is 4.22. The van der Waals surface area contributed by atoms with Crippen molar-refractivity contribution in [2.24, 2.45) is 10.9 Å². The molecule has 0 heterocycles. The summed E-state index contributed by atoms with van der Waals surface area (Å²) in [4.78, 5) is 0. The Bertz CT molecular complexity index is 726. The average Bonchev–Trinajstić information content (AvgIpc) is 2.47. The Morgan fingerprint density at radius 2 is 1.71 bits per heavy atom. The Labute approximate surface area is 123 Å². The molecule has 7 heteroatoms. The molecule has 0 unspecified atom stereocenters. The van der Waals surface area contributed by atoms with Crippen LogP contribution in [-0.4, -0.2) is 19.5 Å². The van der Waals surface area contributed by atoms with E-state index in [0.717, 1.165) is 0 Å². The Balaban J connectivity index is 2.10. The molecule has 4 N–H and O–H groups in total. The summed E-state index contributed by atoms with van der Waals surface area (Å²) in [7, 11) is -3.49. The molecule has 0 saturated heterocycles. The largest absolute Gasteiger partial charge is 0.409 e. The highest BCUT2D eigenvalue weighted by atomic mass is 32.2. The van der Waals surface area contributed by atoms with E-state index in [1.54, 1.807) is 48.5 Å². The van der Waals surface area contributed by atoms with Gasteiger partial charge in [0.15, 0.2) is 5.84 Å². The third-order valence-corrected chi connectivity index (χ3v) is 4.02. The molecular formula is C14H15N3O3S. The van der Waals surface area contributed by atoms with Crippen LogP contribution in [0, 0.1) is 0 Å². The summed E-state index contributed by atoms with van der Waals surface area (Å²) >= 11 is 0. The first-order valence-electron chi connectivity index (χ1n) is 6.12. The monoisotopic (exact) mass is 305 g/mol. The molecule has 110 valence electrons. The van der Waals surface area contributed by atoms with Crippen molar-refractivity contribution < 1.29 is 13.6 Å². The highest BCUT2D eigenvalue weighted by Gasteiger charge is 2.11. The minimum absolute atomic E-state index is 0.0336. The van der Waals surface area contributed by atoms with Crippen LogP contribution in [0.3, 0.4) is 0 Å². The first-order chi connectivity index (χ1) is 10.00. The number of oxime groups is 1. The van der Waals surface area contributed by atoms with Gasteiger partial charge in [0.05, 0.1) is 5.75 Å². The number of amidine groups is 1. The molecule has 0 spiro atoms. The fourth-order valence-corrected chi connectivity index (χ4v) is 2.97. The van der Waals surface area contributed by atoms with Crippen LogP contribution in [0.1, 0.15) is 11.1 Å². The molecule has 2 aromatic carbocycles. The number of nitrogens with zero attached hydrogens (tertiary/aromatic N) is 1. The second-order valence-corrected chi connectivity index (χ2v) is 6.13. The van der Waals surface area contributed by atoms with E-state index in [0.29, 0.717) is 16.8 Å². The molecule has 2 rings (SSSR count). The summed E-state index contributed by atoms with van der Waals surface area (Å²) in [6.07, 6.45) is 0. The van der Waals surface area contributed by atoms with Gasteiger partial charge in [0.25, 0.3) is 0 Å². The van der Waals surface area contributed by atoms with E-state index in [4.69, 9.17) is 10.9 Å². The maximum absolute atomic E-state index is 12.0. The van der Waals surface area contributed by atoms with Crippen molar-refractivity contribution in [1.82, 2.24) is 0 Å². The lowest BCUT2D eigenvalue weighted by atomic mass is 10.2. The zero-order chi connectivity index (χ0) is 15.3. The van der Waals surface area contributed by atoms with Crippen LogP contribution in [0.15, 0.2) is 59.8 Å². The van der Waals surface area contributed by atoms with E-state index in [1.165, 1.54) is 0 Å². The lowest BCUT2D eigenvalue weighted by Gasteiger charge is -2.08. The molecule has 2 aromatic rings. The fraction of sp³-hybridized carbons (Fsp3) is 0.0714. The predicted octanol–water partition coefficient (Wildman–Crippen LogP) is 1.72. The van der Waals surface area contributed by atoms with Crippen LogP contribution >= 0.6 is 0 Å². The zero-order valence-electron chi connectivity index (χ0n) is 11.1. The maximum atomic E-state index is 12.0. The molecule has 0 saturated carbocycles. The van der Waals surface area contributed by atoms with Crippen LogP contribution in [0.25, 0.3) is 0 Å². The number of nitrogens with two attached hydrogens (primary N) is 1. The van der Waals surface area contributed by atoms with Gasteiger partial charge in [0.2, 0.25) is 10.0 Å². The second kappa shape index (κ2) is 6.27. The summed E-state index contributed by atoms with van der Waals surface area (Å²) in [5, 5.41) is 11.4. The molecule has 0 atom stereocenters. The van der Waals surface area contributed by atoms with Crippen molar-refractivity contribution in [2.45, 2.75) is 5.75 Å². The summed E-state index contributed by atoms with van der Waals surface area (Å²) in [5.41, 5.74) is 7.06. The van der Waals surface area contributed by atoms with Crippen LogP contribution in [0.2, 0.25) is 0 Å². The van der Waals surface area contributed by atoms with Crippen molar-refractivity contribution in [1.29, 1.82) is 0 Å². The number of nitrogens with one attached hydrogen (secondary N) is 1. The first kappa shape index (κ1) is 14.9. The molecule has 0 bridgehead atoms. The number of hydrogen-bond donors (Lipinski definition) is 3. The molecule has 0 aliphatic heterocycles. The lowest BCUT2D eigenvalue weighted by molar-refractivity contribution is 0.318. The quantitative estimate of drug-likeness (QED) is 0.338. The van der Waals surface area contributed by atoms with Crippen molar-refractivity contribution in [3.05, 3.63) is 65.7 Å². The third-order valence-electron chi connectivity index (χ3n) is 2.76. The Kier molecular flexibility index (Phi) is 4.44. The molecule has 0 aromatic heterocycles. The lowest BCUT2D eigenvalue weighted by Crippen LogP contribution is -2.16. The number of anilines is 1. The molecule has 0 radical (unpaired) electrons. The summed E-state index contributed by atoms with van der Waals surface area (Å²) in [5.74, 6) is -0.135. The first-order valence-corrected chi connectivity index (χ1v) is 7.78. The molecular weight excluding hydrogens is 290 g/mol. The second-order valence-electron chi connectivity index (χ2n) is 4.41. The molecule has 0 aliphatic rings. The maximum Gasteiger partial charge on any atom is 0.236 e. The Hall–Kier alpha value is -2.54. The number of benzene rings is 2. The van der Waals surface area contributed by atoms with Crippen molar-refractivity contribution >= 4 is 21.5 Å². The van der Waals surface area contributed by atoms with E-state index < -0.39 is 10.0 Å². The Morgan fingerprint density at radius 1 is 1.10 bits per heavy atom. The van der Waals surface area contributed by atoms with Gasteiger partial charge in [0.1, 0.15) is 0 Å². The average molecular weight is 305 g/mol. The standard InChI is InChI=1S/C14H15N3O3S/c15-14(16-18)12-6-8-13(9-7-12)17-21(19,20)10-11-4-2-1-3-5-11/h1-9,17-18H,10H2,(H2,15,16). The minimum atomic E-state index is -3.49. The van der Waals surface area contributed by atoms with Gasteiger partial charge in [-0.25, -0.2) is 8.42 Å². The van der Waals surface area contributed by atoms with Crippen molar-refractivity contribution in [3.8, 4) is 0 Å². The smallest absolute Gasteiger partial charge is 0.236 e. The van der Waals surface area contributed by atoms with Gasteiger partial charge in [-0.15, -0.1) is 0 Å². The summed E-state index contributed by atoms with van der Waals surface area (Å²) in [6.45, 7) is 0. The summed E-state index contributed by atoms with van der Waals surface area (Å²) in [6, 6.07) is 15.1. The molecule has 0 amide bonds. The zero-order valence-corrected chi connectivity index (χ0v) is 11.9. The molecule has 0 fully saturated rings. The van der Waals surface area contributed by atoms with Crippen LogP contribution in [-0.2, 0) is 15.8 Å². The highest BCUT2D eigenvalue weighted by molar-refractivity contribution is 7.91. The molecule has 6 nitrogen and oxygen atoms in total. The summed E-state index contributed by atoms with van der Waals surface area (Å²) < 4.78 is 26.6. The van der Waals surface area contributed by atoms with Gasteiger partial charge in [0, 0.05) is 11.3 Å². The number of sulfonamides is 1. The molecule has 21 heavy (non-hydrogen) atoms. The Morgan fingerprint density at radius 3 is 2.29 bits per heavy atom. The van der Waals surface area contributed by atoms with E-state index >= 15 is 0 Å². The van der Waals surface area contributed by atoms with Crippen LogP contribution in [0.5, 0.6) is 0 Å². The molecule has 0 aliphatic carbocycles. The fourth-order valence-electron chi connectivity index (χ4n) is 1.78. The SMILES string of the molecule is N/C(=N/O)c1ccc(NS(=O)(=O)Cc2ccccc2)cc1. The van der Waals surface area contributed by atoms with E-state index in [1.807, 2.05) is 6.07 Å². The van der Waals surface area contributed by atoms with Gasteiger partial charge in [-0.2, -0.15) is 0 Å². The normalized spacial score (nSPS) is 12.1. The van der Waals surface area contributed by atoms with Gasteiger partial charge in [-0.3, -0.25) is 4.72 Å². The van der Waals surface area contributed by atoms with Crippen LogP contribution in [0.4, 0.5) is 5.69 Å². The predicted molar refractivity (Wildman–Crippen MR) is 81.6 cm³/mol. The van der Waals surface area contributed by atoms with Gasteiger partial charge in [-0.05, 0) is 29.8 Å². The van der Waals surface area contributed by atoms with Crippen molar-refractivity contribution in [2.75, 3.05) is 4.72 Å². The van der Waals surface area contributed by atoms with Crippen molar-refractivity contribution in [3.63, 3.8) is 0 Å². The topological polar surface area (TPSA) is 105 Å². The van der Waals surface area contributed by atoms with E-state index in [-0.39, 0.29) is 11.6 Å². The van der Waals surface area contributed by atoms with E-state index in [9.17, 15) is 8.42 Å². The van der Waals surface area contributed by atoms with Gasteiger partial charge >= 0.3 is 0 Å². The minimum Gasteiger partial charge on any atom is -0.409 e. The number of rotatable bonds is 5. The number of hydrogen-bond acceptors (Lipinski definition) is 4. The highest BCUT2D eigenvalue weighted by Crippen LogP contribution is 2.14.